The average Bonchev–Trinajstić information content (AvgIpc) is 2.46. The molecule has 24 heavy (non-hydrogen) atoms. The van der Waals surface area contributed by atoms with E-state index in [9.17, 15) is 15.2 Å². The van der Waals surface area contributed by atoms with Crippen LogP contribution in [0.25, 0.3) is 0 Å². The maximum Gasteiger partial charge on any atom is 0.270 e. The van der Waals surface area contributed by atoms with Crippen molar-refractivity contribution in [3.05, 3.63) is 33.9 Å². The highest BCUT2D eigenvalue weighted by molar-refractivity contribution is 6.24. The summed E-state index contributed by atoms with van der Waals surface area (Å²) in [5.41, 5.74) is 0.539. The van der Waals surface area contributed by atoms with Gasteiger partial charge in [0.2, 0.25) is 0 Å². The predicted octanol–water partition coefficient (Wildman–Crippen LogP) is 4.30. The molecule has 0 radical (unpaired) electrons. The summed E-state index contributed by atoms with van der Waals surface area (Å²) in [5.74, 6) is 1.47. The van der Waals surface area contributed by atoms with Crippen molar-refractivity contribution in [1.82, 2.24) is 0 Å². The van der Waals surface area contributed by atoms with Crippen molar-refractivity contribution in [3.8, 4) is 5.75 Å². The van der Waals surface area contributed by atoms with Crippen LogP contribution in [0.5, 0.6) is 5.75 Å². The smallest absolute Gasteiger partial charge is 0.270 e. The van der Waals surface area contributed by atoms with Crippen molar-refractivity contribution < 1.29 is 10.0 Å². The molecule has 1 N–H and O–H groups in total. The molecule has 4 fully saturated rings. The Bertz CT molecular complexity index is 704. The molecule has 0 heterocycles. The number of halogens is 1. The van der Waals surface area contributed by atoms with Gasteiger partial charge < -0.3 is 5.11 Å². The summed E-state index contributed by atoms with van der Waals surface area (Å²) in [4.78, 5) is 14.9. The van der Waals surface area contributed by atoms with Gasteiger partial charge in [-0.05, 0) is 61.8 Å². The lowest BCUT2D eigenvalue weighted by Crippen LogP contribution is -2.54. The Kier molecular flexibility index (Phi) is 3.60. The quantitative estimate of drug-likeness (QED) is 0.381. The first kappa shape index (κ1) is 15.9. The highest BCUT2D eigenvalue weighted by atomic mass is 35.5. The monoisotopic (exact) mass is 348 g/mol. The van der Waals surface area contributed by atoms with Crippen LogP contribution in [0.4, 0.5) is 5.69 Å². The summed E-state index contributed by atoms with van der Waals surface area (Å²) in [6, 6.07) is 4.00. The van der Waals surface area contributed by atoms with Gasteiger partial charge in [0.15, 0.2) is 0 Å². The van der Waals surface area contributed by atoms with E-state index in [4.69, 9.17) is 11.6 Å². The zero-order valence-corrected chi connectivity index (χ0v) is 14.2. The Balaban J connectivity index is 1.52. The van der Waals surface area contributed by atoms with E-state index in [2.05, 4.69) is 4.99 Å². The molecule has 4 atom stereocenters. The number of aliphatic imine (C=N–C) groups is 1. The van der Waals surface area contributed by atoms with Crippen LogP contribution >= 0.6 is 11.6 Å². The third-order valence-corrected chi connectivity index (χ3v) is 6.43. The first-order chi connectivity index (χ1) is 11.4. The molecule has 1 aromatic carbocycles. The van der Waals surface area contributed by atoms with E-state index in [0.717, 1.165) is 31.1 Å². The molecule has 4 bridgehead atoms. The number of phenolic OH excluding ortho intramolecular Hbond substituents is 1. The predicted molar refractivity (Wildman–Crippen MR) is 92.9 cm³/mol. The van der Waals surface area contributed by atoms with E-state index in [1.54, 1.807) is 6.21 Å². The SMILES string of the molecule is O=[N+]([O-])c1ccc(O)c(C=NCC23C[C@@H]4C[C@@H](CC(Cl)(C4)C2)C3)c1. The number of phenols is 1. The number of aromatic hydroxyl groups is 1. The van der Waals surface area contributed by atoms with Crippen LogP contribution in [0.1, 0.15) is 44.1 Å². The Labute approximate surface area is 145 Å². The van der Waals surface area contributed by atoms with Crippen molar-refractivity contribution >= 4 is 23.5 Å². The van der Waals surface area contributed by atoms with Gasteiger partial charge in [0.25, 0.3) is 5.69 Å². The minimum Gasteiger partial charge on any atom is -0.507 e. The Morgan fingerprint density at radius 1 is 1.33 bits per heavy atom. The van der Waals surface area contributed by atoms with E-state index in [-0.39, 0.29) is 21.7 Å². The zero-order valence-electron chi connectivity index (χ0n) is 13.4. The fourth-order valence-corrected chi connectivity index (χ4v) is 6.34. The van der Waals surface area contributed by atoms with Crippen molar-refractivity contribution in [2.45, 2.75) is 43.4 Å². The third kappa shape index (κ3) is 2.79. The molecule has 0 saturated heterocycles. The molecule has 128 valence electrons. The van der Waals surface area contributed by atoms with Crippen LogP contribution in [0, 0.1) is 27.4 Å². The van der Waals surface area contributed by atoms with Crippen LogP contribution in [0.2, 0.25) is 0 Å². The normalized spacial score (nSPS) is 37.2. The second-order valence-corrected chi connectivity index (χ2v) is 8.88. The first-order valence-electron chi connectivity index (χ1n) is 8.53. The summed E-state index contributed by atoms with van der Waals surface area (Å²) in [6.45, 7) is 0.691. The molecule has 4 aliphatic rings. The number of nitrogens with zero attached hydrogens (tertiary/aromatic N) is 2. The van der Waals surface area contributed by atoms with E-state index in [1.807, 2.05) is 0 Å². The van der Waals surface area contributed by atoms with Crippen molar-refractivity contribution in [2.24, 2.45) is 22.2 Å². The number of rotatable bonds is 4. The number of alkyl halides is 1. The molecule has 4 aliphatic carbocycles. The fraction of sp³-hybridized carbons (Fsp3) is 0.611. The highest BCUT2D eigenvalue weighted by Gasteiger charge is 2.56. The lowest BCUT2D eigenvalue weighted by atomic mass is 9.49. The van der Waals surface area contributed by atoms with Gasteiger partial charge in [-0.3, -0.25) is 15.1 Å². The van der Waals surface area contributed by atoms with Crippen LogP contribution in [-0.4, -0.2) is 27.7 Å². The second kappa shape index (κ2) is 5.45. The lowest BCUT2D eigenvalue weighted by Gasteiger charge is -2.59. The van der Waals surface area contributed by atoms with Crippen molar-refractivity contribution in [3.63, 3.8) is 0 Å². The molecule has 0 spiro atoms. The molecule has 0 amide bonds. The zero-order chi connectivity index (χ0) is 16.9. The minimum absolute atomic E-state index is 0.0173. The summed E-state index contributed by atoms with van der Waals surface area (Å²) < 4.78 is 0. The number of benzene rings is 1. The number of non-ortho nitro benzene ring substituents is 1. The third-order valence-electron chi connectivity index (χ3n) is 5.99. The van der Waals surface area contributed by atoms with Gasteiger partial charge in [-0.1, -0.05) is 0 Å². The van der Waals surface area contributed by atoms with Gasteiger partial charge in [-0.2, -0.15) is 0 Å². The molecule has 0 aromatic heterocycles. The number of nitro benzene ring substituents is 1. The Morgan fingerprint density at radius 3 is 2.67 bits per heavy atom. The summed E-state index contributed by atoms with van der Waals surface area (Å²) in [7, 11) is 0. The number of nitro groups is 1. The Hall–Kier alpha value is -1.62. The molecule has 4 saturated carbocycles. The van der Waals surface area contributed by atoms with Gasteiger partial charge in [0.1, 0.15) is 5.75 Å². The van der Waals surface area contributed by atoms with E-state index in [0.29, 0.717) is 12.1 Å². The van der Waals surface area contributed by atoms with Gasteiger partial charge in [0, 0.05) is 35.3 Å². The molecular formula is C18H21ClN2O3. The van der Waals surface area contributed by atoms with E-state index >= 15 is 0 Å². The molecular weight excluding hydrogens is 328 g/mol. The molecule has 5 rings (SSSR count). The first-order valence-corrected chi connectivity index (χ1v) is 8.90. The van der Waals surface area contributed by atoms with Gasteiger partial charge in [0.05, 0.1) is 4.92 Å². The minimum atomic E-state index is -0.465. The van der Waals surface area contributed by atoms with Gasteiger partial charge in [-0.15, -0.1) is 11.6 Å². The van der Waals surface area contributed by atoms with Gasteiger partial charge >= 0.3 is 0 Å². The molecule has 2 unspecified atom stereocenters. The largest absolute Gasteiger partial charge is 0.507 e. The second-order valence-electron chi connectivity index (χ2n) is 8.08. The maximum atomic E-state index is 10.9. The maximum absolute atomic E-state index is 10.9. The van der Waals surface area contributed by atoms with E-state index in [1.165, 1.54) is 37.5 Å². The Morgan fingerprint density at radius 2 is 2.04 bits per heavy atom. The molecule has 1 aromatic rings. The number of hydrogen-bond donors (Lipinski definition) is 1. The molecule has 6 heteroatoms. The van der Waals surface area contributed by atoms with Gasteiger partial charge in [-0.25, -0.2) is 0 Å². The lowest BCUT2D eigenvalue weighted by molar-refractivity contribution is -0.384. The van der Waals surface area contributed by atoms with Crippen LogP contribution in [0.15, 0.2) is 23.2 Å². The van der Waals surface area contributed by atoms with Crippen molar-refractivity contribution in [1.29, 1.82) is 0 Å². The van der Waals surface area contributed by atoms with Crippen LogP contribution < -0.4 is 0 Å². The van der Waals surface area contributed by atoms with E-state index < -0.39 is 4.92 Å². The standard InChI is InChI=1S/C18H21ClN2O3/c19-18-7-12-3-13(8-18)6-17(5-12,10-18)11-20-9-14-4-15(21(23)24)1-2-16(14)22/h1-2,4,9,12-13,22H,3,5-8,10-11H2/t12-,13+,17?,18?. The fourth-order valence-electron chi connectivity index (χ4n) is 5.62. The van der Waals surface area contributed by atoms with Crippen LogP contribution in [-0.2, 0) is 0 Å². The summed E-state index contributed by atoms with van der Waals surface area (Å²) in [5, 5.41) is 20.8. The topological polar surface area (TPSA) is 75.7 Å². The molecule has 0 aliphatic heterocycles. The average molecular weight is 349 g/mol. The molecule has 5 nitrogen and oxygen atoms in total. The van der Waals surface area contributed by atoms with Crippen LogP contribution in [0.3, 0.4) is 0 Å². The highest BCUT2D eigenvalue weighted by Crippen LogP contribution is 2.63. The van der Waals surface area contributed by atoms with Crippen molar-refractivity contribution in [2.75, 3.05) is 6.54 Å². The summed E-state index contributed by atoms with van der Waals surface area (Å²) in [6.07, 6.45) is 8.57. The summed E-state index contributed by atoms with van der Waals surface area (Å²) >= 11 is 6.83. The number of hydrogen-bond acceptors (Lipinski definition) is 4.